The van der Waals surface area contributed by atoms with E-state index in [0.717, 1.165) is 13.0 Å². The Labute approximate surface area is 159 Å². The minimum atomic E-state index is -4.87. The Morgan fingerprint density at radius 3 is 2.32 bits per heavy atom. The van der Waals surface area contributed by atoms with Crippen LogP contribution in [-0.4, -0.2) is 31.4 Å². The smallest absolute Gasteiger partial charge is 0.384 e. The third-order valence-corrected chi connectivity index (χ3v) is 6.72. The lowest BCUT2D eigenvalue weighted by Crippen LogP contribution is -2.25. The van der Waals surface area contributed by atoms with Crippen molar-refractivity contribution < 1.29 is 40.7 Å². The van der Waals surface area contributed by atoms with Gasteiger partial charge in [-0.05, 0) is 31.2 Å². The van der Waals surface area contributed by atoms with E-state index in [-0.39, 0.29) is 11.1 Å². The number of carbonyl (C=O) groups excluding carboxylic acids is 2. The first-order chi connectivity index (χ1) is 12.7. The lowest BCUT2D eigenvalue weighted by molar-refractivity contribution is -0.137. The molecule has 2 aromatic rings. The Bertz CT molecular complexity index is 1050. The molecule has 0 aliphatic rings. The first-order valence-electron chi connectivity index (χ1n) is 7.29. The van der Waals surface area contributed by atoms with Crippen LogP contribution in [0.1, 0.15) is 22.8 Å². The number of halogens is 4. The number of aliphatic hydroxyl groups excluding tert-OH is 1. The highest BCUT2D eigenvalue weighted by Crippen LogP contribution is 2.37. The van der Waals surface area contributed by atoms with Crippen LogP contribution in [0.4, 0.5) is 22.6 Å². The zero-order valence-electron chi connectivity index (χ0n) is 13.9. The van der Waals surface area contributed by atoms with Crippen molar-refractivity contribution in [1.29, 1.82) is 0 Å². The van der Waals surface area contributed by atoms with E-state index in [1.54, 1.807) is 0 Å². The molecule has 0 unspecified atom stereocenters. The molecule has 1 heterocycles. The second kappa shape index (κ2) is 7.48. The molecule has 4 N–H and O–H groups in total. The molecule has 2 rings (SSSR count). The molecule has 1 aromatic carbocycles. The molecule has 0 aliphatic heterocycles. The van der Waals surface area contributed by atoms with Gasteiger partial charge in [0.2, 0.25) is 9.84 Å². The summed E-state index contributed by atoms with van der Waals surface area (Å²) in [6.07, 6.45) is -6.36. The summed E-state index contributed by atoms with van der Waals surface area (Å²) in [5.74, 6) is -3.72. The topological polar surface area (TPSA) is 127 Å². The number of hydrogen-bond acceptors (Lipinski definition) is 6. The number of primary amides is 1. The first-order valence-corrected chi connectivity index (χ1v) is 9.59. The molecule has 7 nitrogen and oxygen atoms in total. The van der Waals surface area contributed by atoms with Gasteiger partial charge in [-0.2, -0.15) is 13.2 Å². The van der Waals surface area contributed by atoms with Crippen molar-refractivity contribution in [3.8, 4) is 0 Å². The average molecular weight is 440 g/mol. The zero-order valence-corrected chi connectivity index (χ0v) is 15.5. The summed E-state index contributed by atoms with van der Waals surface area (Å²) >= 11 is 0.333. The summed E-state index contributed by atoms with van der Waals surface area (Å²) in [6.45, 7) is 1.11. The lowest BCUT2D eigenvalue weighted by Gasteiger charge is -2.09. The number of nitrogens with two attached hydrogens (primary N) is 1. The van der Waals surface area contributed by atoms with Gasteiger partial charge in [0.15, 0.2) is 0 Å². The highest BCUT2D eigenvalue weighted by Gasteiger charge is 2.34. The number of thiophene rings is 1. The van der Waals surface area contributed by atoms with Gasteiger partial charge in [-0.15, -0.1) is 11.3 Å². The second-order valence-electron chi connectivity index (χ2n) is 5.48. The van der Waals surface area contributed by atoms with Crippen molar-refractivity contribution in [2.45, 2.75) is 28.3 Å². The number of amides is 2. The molecule has 0 radical (unpaired) electrons. The fraction of sp³-hybridized carbons (Fsp3) is 0.200. The molecule has 1 atom stereocenters. The van der Waals surface area contributed by atoms with Crippen LogP contribution in [0.25, 0.3) is 0 Å². The predicted molar refractivity (Wildman–Crippen MR) is 90.0 cm³/mol. The first kappa shape index (κ1) is 21.8. The number of rotatable bonds is 5. The Morgan fingerprint density at radius 1 is 1.25 bits per heavy atom. The molecule has 0 fully saturated rings. The van der Waals surface area contributed by atoms with Crippen molar-refractivity contribution in [3.05, 3.63) is 41.2 Å². The molecule has 0 aliphatic carbocycles. The second-order valence-corrected chi connectivity index (χ2v) is 8.68. The summed E-state index contributed by atoms with van der Waals surface area (Å²) in [5, 5.41) is 11.0. The molecular formula is C15H12F4N2O5S2. The molecular weight excluding hydrogens is 428 g/mol. The SMILES string of the molecule is C[C@H](O)C(=O)Nc1sc(S(=O)(=O)c2ccc(C(F)(F)F)cc2F)cc1C(N)=O. The Hall–Kier alpha value is -2.51. The van der Waals surface area contributed by atoms with Crippen molar-refractivity contribution in [2.75, 3.05) is 5.32 Å². The Balaban J connectivity index is 2.55. The third-order valence-electron chi connectivity index (χ3n) is 3.40. The molecule has 0 bridgehead atoms. The average Bonchev–Trinajstić information content (AvgIpc) is 2.98. The van der Waals surface area contributed by atoms with Crippen LogP contribution < -0.4 is 11.1 Å². The van der Waals surface area contributed by atoms with Crippen LogP contribution >= 0.6 is 11.3 Å². The summed E-state index contributed by atoms with van der Waals surface area (Å²) < 4.78 is 76.5. The van der Waals surface area contributed by atoms with Gasteiger partial charge < -0.3 is 16.2 Å². The normalized spacial score (nSPS) is 13.2. The number of carbonyl (C=O) groups is 2. The van der Waals surface area contributed by atoms with Gasteiger partial charge in [0.1, 0.15) is 26.0 Å². The van der Waals surface area contributed by atoms with Gasteiger partial charge in [0, 0.05) is 0 Å². The van der Waals surface area contributed by atoms with Crippen LogP contribution in [0.15, 0.2) is 33.4 Å². The number of anilines is 1. The summed E-state index contributed by atoms with van der Waals surface area (Å²) in [5.41, 5.74) is 3.32. The number of sulfone groups is 1. The summed E-state index contributed by atoms with van der Waals surface area (Å²) in [4.78, 5) is 22.0. The van der Waals surface area contributed by atoms with Gasteiger partial charge in [-0.1, -0.05) is 0 Å². The van der Waals surface area contributed by atoms with Crippen molar-refractivity contribution in [2.24, 2.45) is 5.73 Å². The molecule has 28 heavy (non-hydrogen) atoms. The molecule has 0 saturated carbocycles. The fourth-order valence-electron chi connectivity index (χ4n) is 2.00. The Morgan fingerprint density at radius 2 is 1.86 bits per heavy atom. The van der Waals surface area contributed by atoms with E-state index in [1.165, 1.54) is 0 Å². The van der Waals surface area contributed by atoms with Crippen molar-refractivity contribution in [1.82, 2.24) is 0 Å². The number of aliphatic hydroxyl groups is 1. The van der Waals surface area contributed by atoms with Gasteiger partial charge >= 0.3 is 6.18 Å². The molecule has 1 aromatic heterocycles. The summed E-state index contributed by atoms with van der Waals surface area (Å²) in [7, 11) is -4.67. The minimum Gasteiger partial charge on any atom is -0.384 e. The maximum Gasteiger partial charge on any atom is 0.416 e. The van der Waals surface area contributed by atoms with Crippen LogP contribution in [0, 0.1) is 5.82 Å². The monoisotopic (exact) mass is 440 g/mol. The van der Waals surface area contributed by atoms with Crippen LogP contribution in [0.2, 0.25) is 0 Å². The van der Waals surface area contributed by atoms with E-state index in [4.69, 9.17) is 5.73 Å². The lowest BCUT2D eigenvalue weighted by atomic mass is 10.2. The Kier molecular flexibility index (Phi) is 5.82. The van der Waals surface area contributed by atoms with E-state index in [2.05, 4.69) is 5.32 Å². The van der Waals surface area contributed by atoms with Crippen molar-refractivity contribution in [3.63, 3.8) is 0 Å². The number of benzene rings is 1. The maximum absolute atomic E-state index is 14.1. The number of nitrogens with one attached hydrogen (secondary N) is 1. The summed E-state index contributed by atoms with van der Waals surface area (Å²) in [6, 6.07) is 1.64. The maximum atomic E-state index is 14.1. The zero-order chi connectivity index (χ0) is 21.4. The highest BCUT2D eigenvalue weighted by atomic mass is 32.2. The molecule has 152 valence electrons. The van der Waals surface area contributed by atoms with E-state index in [1.807, 2.05) is 0 Å². The number of hydrogen-bond donors (Lipinski definition) is 3. The van der Waals surface area contributed by atoms with Crippen molar-refractivity contribution >= 4 is 38.0 Å². The van der Waals surface area contributed by atoms with Crippen LogP contribution in [0.5, 0.6) is 0 Å². The molecule has 2 amide bonds. The van der Waals surface area contributed by atoms with E-state index in [9.17, 15) is 40.7 Å². The molecule has 13 heteroatoms. The van der Waals surface area contributed by atoms with E-state index >= 15 is 0 Å². The number of alkyl halides is 3. The minimum absolute atomic E-state index is 0.0333. The van der Waals surface area contributed by atoms with E-state index < -0.39 is 60.0 Å². The van der Waals surface area contributed by atoms with Crippen LogP contribution in [-0.2, 0) is 20.8 Å². The largest absolute Gasteiger partial charge is 0.416 e. The molecule has 0 saturated heterocycles. The quantitative estimate of drug-likeness (QED) is 0.614. The van der Waals surface area contributed by atoms with Gasteiger partial charge in [-0.25, -0.2) is 12.8 Å². The molecule has 0 spiro atoms. The van der Waals surface area contributed by atoms with Gasteiger partial charge in [0.25, 0.3) is 11.8 Å². The van der Waals surface area contributed by atoms with Gasteiger partial charge in [-0.3, -0.25) is 9.59 Å². The predicted octanol–water partition coefficient (Wildman–Crippen LogP) is 2.16. The standard InChI is InChI=1S/C15H12F4N2O5S2/c1-6(22)13(24)21-14-8(12(20)23)5-11(27-14)28(25,26)10-3-2-7(4-9(10)16)15(17,18)19/h2-6,22H,1H3,(H2,20,23)(H,21,24)/t6-/m0/s1. The van der Waals surface area contributed by atoms with E-state index in [0.29, 0.717) is 23.5 Å². The van der Waals surface area contributed by atoms with Gasteiger partial charge in [0.05, 0.1) is 11.1 Å². The fourth-order valence-corrected chi connectivity index (χ4v) is 4.81. The van der Waals surface area contributed by atoms with Crippen LogP contribution in [0.3, 0.4) is 0 Å². The third kappa shape index (κ3) is 4.31. The highest BCUT2D eigenvalue weighted by molar-refractivity contribution is 7.93.